The highest BCUT2D eigenvalue weighted by atomic mass is 16.5. The number of benzene rings is 2. The molecule has 0 bridgehead atoms. The zero-order valence-corrected chi connectivity index (χ0v) is 19.5. The number of ether oxygens (including phenoxy) is 2. The van der Waals surface area contributed by atoms with Crippen LogP contribution in [0.3, 0.4) is 0 Å². The first-order valence-electron chi connectivity index (χ1n) is 10.9. The summed E-state index contributed by atoms with van der Waals surface area (Å²) in [5.74, 6) is 0.121. The lowest BCUT2D eigenvalue weighted by Gasteiger charge is -2.16. The van der Waals surface area contributed by atoms with Crippen LogP contribution in [0, 0.1) is 0 Å². The van der Waals surface area contributed by atoms with Gasteiger partial charge in [-0.3, -0.25) is 0 Å². The highest BCUT2D eigenvalue weighted by Gasteiger charge is 2.16. The monoisotopic (exact) mass is 463 g/mol. The number of carbonyl (C=O) groups is 1. The molecule has 2 aromatic carbocycles. The number of rotatable bonds is 11. The molecule has 0 aliphatic heterocycles. The van der Waals surface area contributed by atoms with Crippen LogP contribution in [-0.4, -0.2) is 38.3 Å². The van der Waals surface area contributed by atoms with E-state index in [0.29, 0.717) is 29.2 Å². The molecule has 0 aliphatic rings. The van der Waals surface area contributed by atoms with Gasteiger partial charge in [0.1, 0.15) is 23.8 Å². The molecule has 1 aromatic heterocycles. The van der Waals surface area contributed by atoms with Crippen LogP contribution >= 0.6 is 0 Å². The van der Waals surface area contributed by atoms with Crippen molar-refractivity contribution in [3.8, 4) is 11.5 Å². The Morgan fingerprint density at radius 1 is 1.18 bits per heavy atom. The van der Waals surface area contributed by atoms with Gasteiger partial charge in [0.2, 0.25) is 0 Å². The van der Waals surface area contributed by atoms with Crippen molar-refractivity contribution in [3.63, 3.8) is 0 Å². The van der Waals surface area contributed by atoms with E-state index >= 15 is 0 Å². The van der Waals surface area contributed by atoms with E-state index in [2.05, 4.69) is 16.4 Å². The van der Waals surface area contributed by atoms with Gasteiger partial charge in [-0.1, -0.05) is 47.2 Å². The molecule has 8 nitrogen and oxygen atoms in total. The van der Waals surface area contributed by atoms with Crippen LogP contribution in [0.4, 0.5) is 0 Å². The van der Waals surface area contributed by atoms with E-state index in [1.165, 1.54) is 6.08 Å². The van der Waals surface area contributed by atoms with Gasteiger partial charge in [-0.25, -0.2) is 9.48 Å². The molecule has 1 heterocycles. The lowest BCUT2D eigenvalue weighted by molar-refractivity contribution is -0.131. The quantitative estimate of drug-likeness (QED) is 0.324. The van der Waals surface area contributed by atoms with Crippen LogP contribution in [0.5, 0.6) is 11.5 Å². The van der Waals surface area contributed by atoms with Gasteiger partial charge in [0.15, 0.2) is 0 Å². The van der Waals surface area contributed by atoms with E-state index in [0.717, 1.165) is 22.8 Å². The molecule has 2 N–H and O–H groups in total. The minimum Gasteiger partial charge on any atom is -0.496 e. The second-order valence-corrected chi connectivity index (χ2v) is 7.97. The molecular weight excluding hydrogens is 434 g/mol. The Morgan fingerprint density at radius 2 is 1.94 bits per heavy atom. The van der Waals surface area contributed by atoms with Crippen molar-refractivity contribution < 1.29 is 24.5 Å². The molecule has 3 aromatic rings. The van der Waals surface area contributed by atoms with Crippen LogP contribution < -0.4 is 9.47 Å². The van der Waals surface area contributed by atoms with Crippen LogP contribution in [0.2, 0.25) is 0 Å². The fraction of sp³-hybridized carbons (Fsp3) is 0.269. The second-order valence-electron chi connectivity index (χ2n) is 7.97. The number of carboxylic acids is 1. The van der Waals surface area contributed by atoms with Crippen molar-refractivity contribution in [1.29, 1.82) is 0 Å². The zero-order chi connectivity index (χ0) is 24.5. The average Bonchev–Trinajstić information content (AvgIpc) is 3.27. The van der Waals surface area contributed by atoms with Gasteiger partial charge < -0.3 is 19.7 Å². The Labute approximate surface area is 198 Å². The van der Waals surface area contributed by atoms with Crippen LogP contribution in [-0.2, 0) is 24.4 Å². The topological polar surface area (TPSA) is 107 Å². The molecule has 0 aliphatic carbocycles. The van der Waals surface area contributed by atoms with E-state index in [4.69, 9.17) is 14.6 Å². The second kappa shape index (κ2) is 11.8. The Balaban J connectivity index is 1.82. The number of aliphatic hydroxyl groups is 1. The number of allylic oxidation sites excluding steroid dienone is 2. The number of carboxylic acid groups (broad SMARTS) is 1. The first kappa shape index (κ1) is 24.7. The molecule has 0 saturated carbocycles. The Bertz CT molecular complexity index is 1160. The highest BCUT2D eigenvalue weighted by molar-refractivity contribution is 5.86. The number of aliphatic hydroxyl groups excluding tert-OH is 1. The summed E-state index contributed by atoms with van der Waals surface area (Å²) in [6, 6.07) is 12.9. The number of hydrogen-bond acceptors (Lipinski definition) is 6. The summed E-state index contributed by atoms with van der Waals surface area (Å²) in [6.07, 6.45) is 6.19. The molecule has 0 amide bonds. The van der Waals surface area contributed by atoms with Crippen molar-refractivity contribution in [2.24, 2.45) is 0 Å². The first-order valence-corrected chi connectivity index (χ1v) is 10.9. The van der Waals surface area contributed by atoms with Crippen molar-refractivity contribution in [2.45, 2.75) is 39.5 Å². The molecule has 8 heteroatoms. The fourth-order valence-corrected chi connectivity index (χ4v) is 3.38. The molecule has 0 spiro atoms. The molecule has 178 valence electrons. The average molecular weight is 464 g/mol. The first-order chi connectivity index (χ1) is 16.4. The largest absolute Gasteiger partial charge is 0.496 e. The third-order valence-corrected chi connectivity index (χ3v) is 5.08. The van der Waals surface area contributed by atoms with E-state index in [1.807, 2.05) is 44.2 Å². The van der Waals surface area contributed by atoms with E-state index in [-0.39, 0.29) is 13.2 Å². The number of aliphatic carboxylic acids is 1. The third-order valence-electron chi connectivity index (χ3n) is 5.08. The molecule has 0 radical (unpaired) electrons. The predicted octanol–water partition coefficient (Wildman–Crippen LogP) is 4.21. The SMILES string of the molecule is COc1ccc(/C=C\C(=O)O)c(OCc2cn(CC(O)c3ccccc3)nn2)c1CC=C(C)C. The molecule has 3 rings (SSSR count). The van der Waals surface area contributed by atoms with Crippen molar-refractivity contribution in [1.82, 2.24) is 15.0 Å². The molecule has 34 heavy (non-hydrogen) atoms. The van der Waals surface area contributed by atoms with Gasteiger partial charge in [0, 0.05) is 17.2 Å². The minimum atomic E-state index is -1.05. The fourth-order valence-electron chi connectivity index (χ4n) is 3.38. The maximum atomic E-state index is 11.1. The summed E-state index contributed by atoms with van der Waals surface area (Å²) in [7, 11) is 1.58. The maximum absolute atomic E-state index is 11.1. The Morgan fingerprint density at radius 3 is 2.62 bits per heavy atom. The lowest BCUT2D eigenvalue weighted by Crippen LogP contribution is -2.09. The summed E-state index contributed by atoms with van der Waals surface area (Å²) < 4.78 is 13.2. The summed E-state index contributed by atoms with van der Waals surface area (Å²) in [4.78, 5) is 11.1. The van der Waals surface area contributed by atoms with Gasteiger partial charge in [-0.15, -0.1) is 5.10 Å². The Kier molecular flexibility index (Phi) is 8.59. The summed E-state index contributed by atoms with van der Waals surface area (Å²) in [5, 5.41) is 27.8. The zero-order valence-electron chi connectivity index (χ0n) is 19.5. The molecule has 0 saturated heterocycles. The molecule has 1 atom stereocenters. The van der Waals surface area contributed by atoms with Crippen molar-refractivity contribution in [2.75, 3.05) is 7.11 Å². The van der Waals surface area contributed by atoms with E-state index in [1.54, 1.807) is 30.1 Å². The summed E-state index contributed by atoms with van der Waals surface area (Å²) >= 11 is 0. The van der Waals surface area contributed by atoms with Gasteiger partial charge >= 0.3 is 5.97 Å². The number of methoxy groups -OCH3 is 1. The van der Waals surface area contributed by atoms with Gasteiger partial charge in [-0.05, 0) is 44.0 Å². The summed E-state index contributed by atoms with van der Waals surface area (Å²) in [6.45, 7) is 4.38. The standard InChI is InChI=1S/C26H29N3O5/c1-18(2)9-12-22-24(33-3)13-10-20(11-14-25(31)32)26(22)34-17-21-15-29(28-27-21)16-23(30)19-7-5-4-6-8-19/h4-11,13-15,23,30H,12,16-17H2,1-3H3,(H,31,32)/b14-11-. The van der Waals surface area contributed by atoms with Crippen molar-refractivity contribution >= 4 is 12.0 Å². The normalized spacial score (nSPS) is 11.9. The van der Waals surface area contributed by atoms with E-state index < -0.39 is 12.1 Å². The predicted molar refractivity (Wildman–Crippen MR) is 129 cm³/mol. The third kappa shape index (κ3) is 6.79. The molecule has 1 unspecified atom stereocenters. The van der Waals surface area contributed by atoms with E-state index in [9.17, 15) is 9.90 Å². The van der Waals surface area contributed by atoms with Gasteiger partial charge in [0.25, 0.3) is 0 Å². The Hall–Kier alpha value is -3.91. The highest BCUT2D eigenvalue weighted by Crippen LogP contribution is 2.35. The summed E-state index contributed by atoms with van der Waals surface area (Å²) in [5.41, 5.74) is 3.94. The minimum absolute atomic E-state index is 0.115. The number of aromatic nitrogens is 3. The molecular formula is C26H29N3O5. The molecule has 0 fully saturated rings. The van der Waals surface area contributed by atoms with Crippen molar-refractivity contribution in [3.05, 3.63) is 88.8 Å². The van der Waals surface area contributed by atoms with Crippen LogP contribution in [0.15, 0.2) is 66.4 Å². The van der Waals surface area contributed by atoms with Gasteiger partial charge in [0.05, 0.1) is 26.0 Å². The smallest absolute Gasteiger partial charge is 0.328 e. The number of nitrogens with zero attached hydrogens (tertiary/aromatic N) is 3. The van der Waals surface area contributed by atoms with Crippen LogP contribution in [0.25, 0.3) is 6.08 Å². The lowest BCUT2D eigenvalue weighted by atomic mass is 10.0. The van der Waals surface area contributed by atoms with Gasteiger partial charge in [-0.2, -0.15) is 0 Å². The van der Waals surface area contributed by atoms with Crippen LogP contribution in [0.1, 0.15) is 42.3 Å². The maximum Gasteiger partial charge on any atom is 0.328 e. The number of hydrogen-bond donors (Lipinski definition) is 2.